The van der Waals surface area contributed by atoms with E-state index in [1.807, 2.05) is 42.1 Å². The van der Waals surface area contributed by atoms with E-state index < -0.39 is 0 Å². The highest BCUT2D eigenvalue weighted by molar-refractivity contribution is 5.78. The van der Waals surface area contributed by atoms with Crippen LogP contribution >= 0.6 is 0 Å². The second-order valence-corrected chi connectivity index (χ2v) is 4.74. The van der Waals surface area contributed by atoms with Crippen LogP contribution in [0.25, 0.3) is 0 Å². The van der Waals surface area contributed by atoms with E-state index in [-0.39, 0.29) is 5.78 Å². The lowest BCUT2D eigenvalue weighted by Crippen LogP contribution is -2.05. The van der Waals surface area contributed by atoms with E-state index in [1.54, 1.807) is 6.20 Å². The third kappa shape index (κ3) is 3.95. The molecule has 0 saturated heterocycles. The van der Waals surface area contributed by atoms with Crippen LogP contribution in [0, 0.1) is 0 Å². The zero-order valence-corrected chi connectivity index (χ0v) is 11.2. The zero-order valence-electron chi connectivity index (χ0n) is 11.2. The molecule has 0 saturated carbocycles. The fourth-order valence-corrected chi connectivity index (χ4v) is 2.05. The Balaban J connectivity index is 1.77. The largest absolute Gasteiger partial charge is 0.399 e. The summed E-state index contributed by atoms with van der Waals surface area (Å²) in [5.41, 5.74) is 7.57. The van der Waals surface area contributed by atoms with Crippen LogP contribution in [0.5, 0.6) is 0 Å². The number of benzene rings is 1. The molecule has 0 unspecified atom stereocenters. The first kappa shape index (κ1) is 13.3. The summed E-state index contributed by atoms with van der Waals surface area (Å²) in [6.07, 6.45) is 6.23. The molecule has 2 aromatic rings. The van der Waals surface area contributed by atoms with Crippen molar-refractivity contribution in [3.05, 3.63) is 48.0 Å². The number of aromatic nitrogens is 2. The molecule has 0 aliphatic rings. The molecule has 0 aliphatic heterocycles. The Bertz CT molecular complexity index is 560. The van der Waals surface area contributed by atoms with Gasteiger partial charge < -0.3 is 10.3 Å². The van der Waals surface area contributed by atoms with Crippen molar-refractivity contribution in [3.63, 3.8) is 0 Å². The maximum absolute atomic E-state index is 11.8. The Hall–Kier alpha value is -2.10. The van der Waals surface area contributed by atoms with Crippen LogP contribution in [-0.2, 0) is 24.7 Å². The number of imidazole rings is 1. The number of nitrogen functional groups attached to an aromatic ring is 1. The van der Waals surface area contributed by atoms with Crippen LogP contribution in [0.15, 0.2) is 36.7 Å². The van der Waals surface area contributed by atoms with Crippen molar-refractivity contribution in [2.45, 2.75) is 25.7 Å². The molecule has 0 amide bonds. The van der Waals surface area contributed by atoms with Crippen molar-refractivity contribution in [1.82, 2.24) is 9.55 Å². The number of rotatable bonds is 6. The fourth-order valence-electron chi connectivity index (χ4n) is 2.05. The standard InChI is InChI=1S/C15H19N3O/c1-18-10-9-17-15(18)8-7-14(19)6-5-12-3-2-4-13(16)11-12/h2-4,9-11H,5-8,16H2,1H3. The molecule has 1 aromatic carbocycles. The summed E-state index contributed by atoms with van der Waals surface area (Å²) in [7, 11) is 1.94. The Morgan fingerprint density at radius 2 is 2.11 bits per heavy atom. The predicted octanol–water partition coefficient (Wildman–Crippen LogP) is 2.14. The van der Waals surface area contributed by atoms with Gasteiger partial charge >= 0.3 is 0 Å². The van der Waals surface area contributed by atoms with Gasteiger partial charge in [-0.25, -0.2) is 4.98 Å². The van der Waals surface area contributed by atoms with Gasteiger partial charge in [0.05, 0.1) is 0 Å². The summed E-state index contributed by atoms with van der Waals surface area (Å²) >= 11 is 0. The van der Waals surface area contributed by atoms with E-state index >= 15 is 0 Å². The van der Waals surface area contributed by atoms with E-state index in [2.05, 4.69) is 4.98 Å². The number of nitrogens with zero attached hydrogens (tertiary/aromatic N) is 2. The van der Waals surface area contributed by atoms with E-state index in [0.717, 1.165) is 23.5 Å². The summed E-state index contributed by atoms with van der Waals surface area (Å²) in [4.78, 5) is 16.1. The molecule has 0 spiro atoms. The third-order valence-corrected chi connectivity index (χ3v) is 3.19. The zero-order chi connectivity index (χ0) is 13.7. The smallest absolute Gasteiger partial charge is 0.133 e. The minimum atomic E-state index is 0.269. The van der Waals surface area contributed by atoms with Crippen molar-refractivity contribution in [2.24, 2.45) is 7.05 Å². The summed E-state index contributed by atoms with van der Waals surface area (Å²) in [5, 5.41) is 0. The van der Waals surface area contributed by atoms with Crippen LogP contribution < -0.4 is 5.73 Å². The van der Waals surface area contributed by atoms with E-state index in [9.17, 15) is 4.79 Å². The molecular weight excluding hydrogens is 238 g/mol. The lowest BCUT2D eigenvalue weighted by Gasteiger charge is -2.03. The van der Waals surface area contributed by atoms with Gasteiger partial charge in [-0.05, 0) is 24.1 Å². The van der Waals surface area contributed by atoms with Crippen molar-refractivity contribution in [1.29, 1.82) is 0 Å². The number of Topliss-reactive ketones (excluding diaryl/α,β-unsaturated/α-hetero) is 1. The van der Waals surface area contributed by atoms with Gasteiger partial charge in [-0.3, -0.25) is 4.79 Å². The average molecular weight is 257 g/mol. The first-order valence-corrected chi connectivity index (χ1v) is 6.47. The van der Waals surface area contributed by atoms with E-state index in [1.165, 1.54) is 0 Å². The number of ketones is 1. The minimum Gasteiger partial charge on any atom is -0.399 e. The first-order chi connectivity index (χ1) is 9.15. The molecule has 1 heterocycles. The molecular formula is C15H19N3O. The number of hydrogen-bond donors (Lipinski definition) is 1. The first-order valence-electron chi connectivity index (χ1n) is 6.47. The van der Waals surface area contributed by atoms with Gasteiger partial charge in [-0.1, -0.05) is 12.1 Å². The molecule has 0 aliphatic carbocycles. The van der Waals surface area contributed by atoms with Crippen LogP contribution in [-0.4, -0.2) is 15.3 Å². The van der Waals surface area contributed by atoms with Gasteiger partial charge in [-0.2, -0.15) is 0 Å². The molecule has 4 nitrogen and oxygen atoms in total. The Labute approximate surface area is 113 Å². The van der Waals surface area contributed by atoms with E-state index in [0.29, 0.717) is 19.3 Å². The summed E-state index contributed by atoms with van der Waals surface area (Å²) in [5.74, 6) is 1.22. The number of carbonyl (C=O) groups is 1. The maximum Gasteiger partial charge on any atom is 0.133 e. The van der Waals surface area contributed by atoms with Gasteiger partial charge in [0.2, 0.25) is 0 Å². The van der Waals surface area contributed by atoms with Crippen LogP contribution in [0.4, 0.5) is 5.69 Å². The van der Waals surface area contributed by atoms with Gasteiger partial charge in [-0.15, -0.1) is 0 Å². The normalized spacial score (nSPS) is 10.6. The highest BCUT2D eigenvalue weighted by atomic mass is 16.1. The van der Waals surface area contributed by atoms with Crippen LogP contribution in [0.3, 0.4) is 0 Å². The number of aryl methyl sites for hydroxylation is 3. The topological polar surface area (TPSA) is 60.9 Å². The van der Waals surface area contributed by atoms with Gasteiger partial charge in [0.25, 0.3) is 0 Å². The maximum atomic E-state index is 11.8. The minimum absolute atomic E-state index is 0.269. The van der Waals surface area contributed by atoms with Gasteiger partial charge in [0.1, 0.15) is 11.6 Å². The highest BCUT2D eigenvalue weighted by Crippen LogP contribution is 2.10. The number of anilines is 1. The Kier molecular flexibility index (Phi) is 4.34. The molecule has 1 aromatic heterocycles. The van der Waals surface area contributed by atoms with Crippen LogP contribution in [0.1, 0.15) is 24.2 Å². The molecule has 0 fully saturated rings. The molecule has 0 atom stereocenters. The Morgan fingerprint density at radius 3 is 2.79 bits per heavy atom. The van der Waals surface area contributed by atoms with Crippen molar-refractivity contribution >= 4 is 11.5 Å². The lowest BCUT2D eigenvalue weighted by atomic mass is 10.0. The lowest BCUT2D eigenvalue weighted by molar-refractivity contribution is -0.119. The monoisotopic (exact) mass is 257 g/mol. The molecule has 100 valence electrons. The molecule has 0 radical (unpaired) electrons. The third-order valence-electron chi connectivity index (χ3n) is 3.19. The molecule has 2 rings (SSSR count). The molecule has 19 heavy (non-hydrogen) atoms. The summed E-state index contributed by atoms with van der Waals surface area (Å²) in [6.45, 7) is 0. The van der Waals surface area contributed by atoms with Crippen molar-refractivity contribution < 1.29 is 4.79 Å². The average Bonchev–Trinajstić information content (AvgIpc) is 2.80. The van der Waals surface area contributed by atoms with Crippen molar-refractivity contribution in [3.8, 4) is 0 Å². The number of carbonyl (C=O) groups excluding carboxylic acids is 1. The fraction of sp³-hybridized carbons (Fsp3) is 0.333. The SMILES string of the molecule is Cn1ccnc1CCC(=O)CCc1cccc(N)c1. The van der Waals surface area contributed by atoms with Crippen molar-refractivity contribution in [2.75, 3.05) is 5.73 Å². The van der Waals surface area contributed by atoms with Crippen LogP contribution in [0.2, 0.25) is 0 Å². The predicted molar refractivity (Wildman–Crippen MR) is 75.7 cm³/mol. The molecule has 4 heteroatoms. The second-order valence-electron chi connectivity index (χ2n) is 4.74. The van der Waals surface area contributed by atoms with Gasteiger partial charge in [0, 0.05) is 44.4 Å². The summed E-state index contributed by atoms with van der Waals surface area (Å²) < 4.78 is 1.95. The summed E-state index contributed by atoms with van der Waals surface area (Å²) in [6, 6.07) is 7.70. The second kappa shape index (κ2) is 6.18. The molecule has 0 bridgehead atoms. The highest BCUT2D eigenvalue weighted by Gasteiger charge is 2.06. The van der Waals surface area contributed by atoms with E-state index in [4.69, 9.17) is 5.73 Å². The molecule has 2 N–H and O–H groups in total. The Morgan fingerprint density at radius 1 is 1.32 bits per heavy atom. The number of hydrogen-bond acceptors (Lipinski definition) is 3. The number of nitrogens with two attached hydrogens (primary N) is 1. The quantitative estimate of drug-likeness (QED) is 0.806. The van der Waals surface area contributed by atoms with Gasteiger partial charge in [0.15, 0.2) is 0 Å².